The summed E-state index contributed by atoms with van der Waals surface area (Å²) in [4.78, 5) is 37.8. The van der Waals surface area contributed by atoms with Crippen molar-refractivity contribution in [3.05, 3.63) is 91.8 Å². The molecular formula is C21H16ClFN4O4. The lowest BCUT2D eigenvalue weighted by Crippen LogP contribution is -2.37. The number of hydrogen-bond acceptors (Lipinski definition) is 4. The number of halogens is 2. The molecule has 0 aliphatic rings. The van der Waals surface area contributed by atoms with Gasteiger partial charge in [0.25, 0.3) is 17.0 Å². The molecule has 0 atom stereocenters. The van der Waals surface area contributed by atoms with Crippen LogP contribution >= 0.6 is 11.6 Å². The SMILES string of the molecule is Cc1c2c(=O)n(-c3ccccc3Cl)[nH]c2cc(=O)n1NC(=O)COc1ccc(F)cc1. The second-order valence-corrected chi connectivity index (χ2v) is 7.08. The molecule has 158 valence electrons. The summed E-state index contributed by atoms with van der Waals surface area (Å²) in [6.07, 6.45) is 0. The van der Waals surface area contributed by atoms with Gasteiger partial charge in [0, 0.05) is 6.07 Å². The molecule has 0 fully saturated rings. The summed E-state index contributed by atoms with van der Waals surface area (Å²) in [5.74, 6) is -0.763. The molecule has 8 nitrogen and oxygen atoms in total. The van der Waals surface area contributed by atoms with E-state index in [4.69, 9.17) is 16.3 Å². The molecule has 2 aromatic carbocycles. The number of pyridine rings is 1. The summed E-state index contributed by atoms with van der Waals surface area (Å²) in [5, 5.41) is 3.45. The number of aromatic nitrogens is 3. The fourth-order valence-electron chi connectivity index (χ4n) is 3.15. The number of hydrogen-bond donors (Lipinski definition) is 2. The van der Waals surface area contributed by atoms with Crippen molar-refractivity contribution in [3.8, 4) is 11.4 Å². The maximum Gasteiger partial charge on any atom is 0.281 e. The van der Waals surface area contributed by atoms with Crippen molar-refractivity contribution in [2.45, 2.75) is 6.92 Å². The van der Waals surface area contributed by atoms with Crippen LogP contribution in [0.4, 0.5) is 4.39 Å². The van der Waals surface area contributed by atoms with Gasteiger partial charge < -0.3 is 4.74 Å². The number of aryl methyl sites for hydroxylation is 1. The number of para-hydroxylation sites is 1. The van der Waals surface area contributed by atoms with Gasteiger partial charge in [-0.3, -0.25) is 24.9 Å². The van der Waals surface area contributed by atoms with Crippen molar-refractivity contribution in [1.82, 2.24) is 14.5 Å². The van der Waals surface area contributed by atoms with Crippen LogP contribution in [-0.4, -0.2) is 27.0 Å². The highest BCUT2D eigenvalue weighted by Crippen LogP contribution is 2.20. The molecular weight excluding hydrogens is 427 g/mol. The van der Waals surface area contributed by atoms with Crippen molar-refractivity contribution in [2.75, 3.05) is 12.0 Å². The normalized spacial score (nSPS) is 10.9. The molecule has 0 saturated carbocycles. The van der Waals surface area contributed by atoms with Crippen molar-refractivity contribution in [1.29, 1.82) is 0 Å². The molecule has 2 aromatic heterocycles. The molecule has 1 amide bonds. The average Bonchev–Trinajstić information content (AvgIpc) is 3.07. The fourth-order valence-corrected chi connectivity index (χ4v) is 3.37. The second kappa shape index (κ2) is 8.11. The van der Waals surface area contributed by atoms with Gasteiger partial charge in [-0.05, 0) is 43.3 Å². The lowest BCUT2D eigenvalue weighted by molar-refractivity contribution is -0.119. The summed E-state index contributed by atoms with van der Waals surface area (Å²) in [7, 11) is 0. The molecule has 4 aromatic rings. The van der Waals surface area contributed by atoms with E-state index in [-0.39, 0.29) is 11.1 Å². The standard InChI is InChI=1S/C21H16ClFN4O4/c1-12-20-16(24-27(21(20)30)17-5-3-2-4-15(17)22)10-19(29)26(12)25-18(28)11-31-14-8-6-13(23)7-9-14/h2-10,24H,11H2,1H3,(H,25,28). The summed E-state index contributed by atoms with van der Waals surface area (Å²) >= 11 is 6.19. The Morgan fingerprint density at radius 3 is 2.58 bits per heavy atom. The van der Waals surface area contributed by atoms with E-state index >= 15 is 0 Å². The Morgan fingerprint density at radius 2 is 1.87 bits per heavy atom. The smallest absolute Gasteiger partial charge is 0.281 e. The molecule has 4 rings (SSSR count). The van der Waals surface area contributed by atoms with Gasteiger partial charge >= 0.3 is 0 Å². The van der Waals surface area contributed by atoms with Crippen LogP contribution in [0.2, 0.25) is 5.02 Å². The van der Waals surface area contributed by atoms with Crippen LogP contribution in [0.3, 0.4) is 0 Å². The van der Waals surface area contributed by atoms with E-state index < -0.39 is 29.4 Å². The molecule has 0 spiro atoms. The molecule has 0 radical (unpaired) electrons. The van der Waals surface area contributed by atoms with Gasteiger partial charge in [-0.15, -0.1) is 0 Å². The van der Waals surface area contributed by atoms with Gasteiger partial charge in [-0.25, -0.2) is 13.7 Å². The molecule has 0 aliphatic heterocycles. The van der Waals surface area contributed by atoms with Crippen molar-refractivity contribution in [3.63, 3.8) is 0 Å². The topological polar surface area (TPSA) is 98.1 Å². The second-order valence-electron chi connectivity index (χ2n) is 6.67. The summed E-state index contributed by atoms with van der Waals surface area (Å²) in [6, 6.07) is 13.1. The van der Waals surface area contributed by atoms with E-state index in [1.165, 1.54) is 41.9 Å². The number of fused-ring (bicyclic) bond motifs is 1. The molecule has 0 saturated heterocycles. The Hall–Kier alpha value is -3.85. The maximum absolute atomic E-state index is 13.0. The number of nitrogens with zero attached hydrogens (tertiary/aromatic N) is 2. The highest BCUT2D eigenvalue weighted by Gasteiger charge is 2.17. The van der Waals surface area contributed by atoms with E-state index in [1.807, 2.05) is 0 Å². The van der Waals surface area contributed by atoms with Crippen LogP contribution in [0.5, 0.6) is 5.75 Å². The third-order valence-electron chi connectivity index (χ3n) is 4.62. The van der Waals surface area contributed by atoms with Crippen molar-refractivity contribution >= 4 is 28.4 Å². The van der Waals surface area contributed by atoms with Gasteiger partial charge in [-0.2, -0.15) is 0 Å². The van der Waals surface area contributed by atoms with Gasteiger partial charge in [0.05, 0.1) is 27.3 Å². The first kappa shape index (κ1) is 20.4. The zero-order valence-electron chi connectivity index (χ0n) is 16.2. The van der Waals surface area contributed by atoms with Crippen LogP contribution in [-0.2, 0) is 4.79 Å². The minimum atomic E-state index is -0.629. The van der Waals surface area contributed by atoms with Crippen LogP contribution in [0.15, 0.2) is 64.2 Å². The third-order valence-corrected chi connectivity index (χ3v) is 4.94. The van der Waals surface area contributed by atoms with Crippen LogP contribution < -0.4 is 21.3 Å². The highest BCUT2D eigenvalue weighted by atomic mass is 35.5. The zero-order chi connectivity index (χ0) is 22.1. The van der Waals surface area contributed by atoms with Crippen LogP contribution in [0, 0.1) is 12.7 Å². The summed E-state index contributed by atoms with van der Waals surface area (Å²) < 4.78 is 20.4. The highest BCUT2D eigenvalue weighted by molar-refractivity contribution is 6.32. The predicted octanol–water partition coefficient (Wildman–Crippen LogP) is 2.73. The van der Waals surface area contributed by atoms with E-state index in [0.29, 0.717) is 22.0 Å². The number of amides is 1. The number of benzene rings is 2. The average molecular weight is 443 g/mol. The van der Waals surface area contributed by atoms with Gasteiger partial charge in [0.1, 0.15) is 11.6 Å². The number of ether oxygens (including phenoxy) is 1. The lowest BCUT2D eigenvalue weighted by atomic mass is 10.2. The number of carbonyl (C=O) groups is 1. The van der Waals surface area contributed by atoms with Gasteiger partial charge in [0.15, 0.2) is 6.61 Å². The molecule has 10 heteroatoms. The molecule has 0 bridgehead atoms. The molecule has 2 N–H and O–H groups in total. The number of rotatable bonds is 5. The number of nitrogens with one attached hydrogen (secondary N) is 2. The minimum Gasteiger partial charge on any atom is -0.484 e. The maximum atomic E-state index is 13.0. The third kappa shape index (κ3) is 3.95. The minimum absolute atomic E-state index is 0.222. The number of carbonyl (C=O) groups excluding carboxylic acids is 1. The number of H-pyrrole nitrogens is 1. The first-order chi connectivity index (χ1) is 14.8. The Morgan fingerprint density at radius 1 is 1.16 bits per heavy atom. The molecule has 0 unspecified atom stereocenters. The lowest BCUT2D eigenvalue weighted by Gasteiger charge is -2.12. The van der Waals surface area contributed by atoms with Gasteiger partial charge in [0.2, 0.25) is 0 Å². The first-order valence-corrected chi connectivity index (χ1v) is 9.53. The molecule has 0 aliphatic carbocycles. The van der Waals surface area contributed by atoms with Crippen LogP contribution in [0.1, 0.15) is 5.69 Å². The summed E-state index contributed by atoms with van der Waals surface area (Å²) in [5.41, 5.74) is 2.42. The molecule has 2 heterocycles. The predicted molar refractivity (Wildman–Crippen MR) is 114 cm³/mol. The van der Waals surface area contributed by atoms with Crippen LogP contribution in [0.25, 0.3) is 16.6 Å². The van der Waals surface area contributed by atoms with Crippen molar-refractivity contribution < 1.29 is 13.9 Å². The Kier molecular flexibility index (Phi) is 5.35. The van der Waals surface area contributed by atoms with Crippen molar-refractivity contribution in [2.24, 2.45) is 0 Å². The largest absolute Gasteiger partial charge is 0.484 e. The zero-order valence-corrected chi connectivity index (χ0v) is 16.9. The van der Waals surface area contributed by atoms with E-state index in [0.717, 1.165) is 4.68 Å². The summed E-state index contributed by atoms with van der Waals surface area (Å²) in [6.45, 7) is 1.13. The van der Waals surface area contributed by atoms with Gasteiger partial charge in [-0.1, -0.05) is 23.7 Å². The number of aromatic amines is 1. The van der Waals surface area contributed by atoms with E-state index in [1.54, 1.807) is 24.3 Å². The Bertz CT molecular complexity index is 1410. The quantitative estimate of drug-likeness (QED) is 0.496. The Labute approximate surface area is 179 Å². The van der Waals surface area contributed by atoms with E-state index in [9.17, 15) is 18.8 Å². The Balaban J connectivity index is 1.64. The molecule has 31 heavy (non-hydrogen) atoms. The van der Waals surface area contributed by atoms with E-state index in [2.05, 4.69) is 10.5 Å². The fraction of sp³-hybridized carbons (Fsp3) is 0.0952. The first-order valence-electron chi connectivity index (χ1n) is 9.15. The monoisotopic (exact) mass is 442 g/mol.